The number of rotatable bonds is 8. The summed E-state index contributed by atoms with van der Waals surface area (Å²) in [6, 6.07) is 13.2. The number of carbonyl (C=O) groups is 1. The predicted molar refractivity (Wildman–Crippen MR) is 110 cm³/mol. The van der Waals surface area contributed by atoms with Crippen molar-refractivity contribution >= 4 is 15.9 Å². The monoisotopic (exact) mass is 404 g/mol. The van der Waals surface area contributed by atoms with Gasteiger partial charge in [-0.25, -0.2) is 13.1 Å². The number of carbonyl (C=O) groups excluding carboxylic acids is 1. The number of nitrogens with zero attached hydrogens (tertiary/aromatic N) is 1. The van der Waals surface area contributed by atoms with Gasteiger partial charge >= 0.3 is 0 Å². The number of ether oxygens (including phenoxy) is 1. The van der Waals surface area contributed by atoms with E-state index in [2.05, 4.69) is 4.72 Å². The molecular weight excluding hydrogens is 376 g/mol. The van der Waals surface area contributed by atoms with E-state index < -0.39 is 10.0 Å². The van der Waals surface area contributed by atoms with Crippen molar-refractivity contribution in [3.63, 3.8) is 0 Å². The molecule has 2 aromatic carbocycles. The fourth-order valence-corrected chi connectivity index (χ4v) is 4.12. The molecule has 2 unspecified atom stereocenters. The molecule has 6 nitrogen and oxygen atoms in total. The molecule has 0 aliphatic heterocycles. The van der Waals surface area contributed by atoms with Crippen molar-refractivity contribution in [3.05, 3.63) is 59.7 Å². The van der Waals surface area contributed by atoms with Crippen LogP contribution >= 0.6 is 0 Å². The Morgan fingerprint density at radius 3 is 2.29 bits per heavy atom. The topological polar surface area (TPSA) is 75.7 Å². The Morgan fingerprint density at radius 1 is 1.11 bits per heavy atom. The highest BCUT2D eigenvalue weighted by Gasteiger charge is 2.22. The maximum Gasteiger partial charge on any atom is 0.254 e. The van der Waals surface area contributed by atoms with E-state index in [1.807, 2.05) is 45.0 Å². The van der Waals surface area contributed by atoms with Gasteiger partial charge in [0.15, 0.2) is 0 Å². The van der Waals surface area contributed by atoms with Gasteiger partial charge in [-0.2, -0.15) is 0 Å². The highest BCUT2D eigenvalue weighted by atomic mass is 32.2. The molecule has 2 rings (SSSR count). The van der Waals surface area contributed by atoms with Crippen LogP contribution in [0, 0.1) is 0 Å². The number of sulfonamides is 1. The van der Waals surface area contributed by atoms with Gasteiger partial charge in [0.25, 0.3) is 5.91 Å². The SMILES string of the molecule is CCC(C)NS(=O)(=O)c1ccc(C(=O)N(C)C(C)c2ccccc2OC)cc1. The number of para-hydroxylation sites is 1. The summed E-state index contributed by atoms with van der Waals surface area (Å²) in [4.78, 5) is 14.6. The lowest BCUT2D eigenvalue weighted by molar-refractivity contribution is 0.0741. The Hall–Kier alpha value is -2.38. The number of amides is 1. The first-order valence-corrected chi connectivity index (χ1v) is 10.7. The van der Waals surface area contributed by atoms with Crippen molar-refractivity contribution in [3.8, 4) is 5.75 Å². The molecule has 0 radical (unpaired) electrons. The Labute approximate surface area is 167 Å². The van der Waals surface area contributed by atoms with Crippen LogP contribution in [-0.2, 0) is 10.0 Å². The lowest BCUT2D eigenvalue weighted by atomic mass is 10.0. The summed E-state index contributed by atoms with van der Waals surface area (Å²) in [5.41, 5.74) is 1.32. The molecule has 0 heterocycles. The van der Waals surface area contributed by atoms with Crippen LogP contribution in [-0.4, -0.2) is 39.4 Å². The Kier molecular flexibility index (Phi) is 7.21. The van der Waals surface area contributed by atoms with Gasteiger partial charge in [0.05, 0.1) is 18.0 Å². The van der Waals surface area contributed by atoms with Gasteiger partial charge in [0.1, 0.15) is 5.75 Å². The lowest BCUT2D eigenvalue weighted by Gasteiger charge is -2.26. The minimum absolute atomic E-state index is 0.143. The zero-order valence-electron chi connectivity index (χ0n) is 17.0. The standard InChI is InChI=1S/C21H28N2O4S/c1-6-15(2)22-28(25,26)18-13-11-17(12-14-18)21(24)23(4)16(3)19-9-7-8-10-20(19)27-5/h7-16,22H,6H2,1-5H3. The maximum atomic E-state index is 12.9. The summed E-state index contributed by atoms with van der Waals surface area (Å²) in [5.74, 6) is 0.518. The van der Waals surface area contributed by atoms with Crippen molar-refractivity contribution in [2.45, 2.75) is 44.2 Å². The minimum atomic E-state index is -3.59. The van der Waals surface area contributed by atoms with Crippen molar-refractivity contribution < 1.29 is 17.9 Å². The smallest absolute Gasteiger partial charge is 0.254 e. The zero-order valence-corrected chi connectivity index (χ0v) is 17.8. The normalized spacial score (nSPS) is 13.6. The van der Waals surface area contributed by atoms with Gasteiger partial charge in [-0.15, -0.1) is 0 Å². The molecule has 0 fully saturated rings. The number of nitrogens with one attached hydrogen (secondary N) is 1. The molecule has 0 saturated heterocycles. The van der Waals surface area contributed by atoms with Crippen LogP contribution in [0.2, 0.25) is 0 Å². The second-order valence-electron chi connectivity index (χ2n) is 6.79. The predicted octanol–water partition coefficient (Wildman–Crippen LogP) is 3.61. The average molecular weight is 405 g/mol. The summed E-state index contributed by atoms with van der Waals surface area (Å²) < 4.78 is 32.7. The first-order valence-electron chi connectivity index (χ1n) is 9.23. The Balaban J connectivity index is 2.20. The van der Waals surface area contributed by atoms with E-state index in [4.69, 9.17) is 4.74 Å². The van der Waals surface area contributed by atoms with Crippen LogP contribution in [0.15, 0.2) is 53.4 Å². The Morgan fingerprint density at radius 2 is 1.71 bits per heavy atom. The first kappa shape index (κ1) is 21.9. The molecule has 0 saturated carbocycles. The van der Waals surface area contributed by atoms with Crippen molar-refractivity contribution in [1.82, 2.24) is 9.62 Å². The molecule has 0 bridgehead atoms. The van der Waals surface area contributed by atoms with E-state index in [0.29, 0.717) is 17.7 Å². The van der Waals surface area contributed by atoms with E-state index in [1.165, 1.54) is 12.1 Å². The summed E-state index contributed by atoms with van der Waals surface area (Å²) in [6.07, 6.45) is 0.696. The second-order valence-corrected chi connectivity index (χ2v) is 8.50. The first-order chi connectivity index (χ1) is 13.2. The van der Waals surface area contributed by atoms with Gasteiger partial charge in [0, 0.05) is 24.2 Å². The largest absolute Gasteiger partial charge is 0.496 e. The molecule has 7 heteroatoms. The molecule has 28 heavy (non-hydrogen) atoms. The van der Waals surface area contributed by atoms with Crippen LogP contribution in [0.1, 0.15) is 49.2 Å². The number of hydrogen-bond donors (Lipinski definition) is 1. The van der Waals surface area contributed by atoms with Gasteiger partial charge in [0.2, 0.25) is 10.0 Å². The summed E-state index contributed by atoms with van der Waals surface area (Å²) in [5, 5.41) is 0. The van der Waals surface area contributed by atoms with Gasteiger partial charge in [-0.05, 0) is 50.6 Å². The van der Waals surface area contributed by atoms with Crippen LogP contribution in [0.3, 0.4) is 0 Å². The van der Waals surface area contributed by atoms with Gasteiger partial charge < -0.3 is 9.64 Å². The molecule has 152 valence electrons. The highest BCUT2D eigenvalue weighted by molar-refractivity contribution is 7.89. The summed E-state index contributed by atoms with van der Waals surface area (Å²) in [7, 11) is -0.280. The van der Waals surface area contributed by atoms with Crippen LogP contribution in [0.25, 0.3) is 0 Å². The van der Waals surface area contributed by atoms with Gasteiger partial charge in [-0.3, -0.25) is 4.79 Å². The molecule has 1 amide bonds. The number of hydrogen-bond acceptors (Lipinski definition) is 4. The second kappa shape index (κ2) is 9.21. The average Bonchev–Trinajstić information content (AvgIpc) is 2.71. The van der Waals surface area contributed by atoms with Crippen molar-refractivity contribution in [1.29, 1.82) is 0 Å². The van der Waals surface area contributed by atoms with Crippen LogP contribution in [0.4, 0.5) is 0 Å². The third-order valence-electron chi connectivity index (χ3n) is 4.87. The minimum Gasteiger partial charge on any atom is -0.496 e. The number of benzene rings is 2. The summed E-state index contributed by atoms with van der Waals surface area (Å²) >= 11 is 0. The molecule has 1 N–H and O–H groups in total. The van der Waals surface area contributed by atoms with E-state index in [0.717, 1.165) is 5.56 Å². The van der Waals surface area contributed by atoms with E-state index >= 15 is 0 Å². The van der Waals surface area contributed by atoms with E-state index in [9.17, 15) is 13.2 Å². The van der Waals surface area contributed by atoms with Crippen molar-refractivity contribution in [2.24, 2.45) is 0 Å². The zero-order chi connectivity index (χ0) is 20.9. The van der Waals surface area contributed by atoms with E-state index in [1.54, 1.807) is 31.2 Å². The van der Waals surface area contributed by atoms with Crippen LogP contribution in [0.5, 0.6) is 5.75 Å². The Bertz CT molecular complexity index is 910. The lowest BCUT2D eigenvalue weighted by Crippen LogP contribution is -2.32. The van der Waals surface area contributed by atoms with Crippen LogP contribution < -0.4 is 9.46 Å². The maximum absolute atomic E-state index is 12.9. The van der Waals surface area contributed by atoms with Crippen molar-refractivity contribution in [2.75, 3.05) is 14.2 Å². The molecule has 0 aliphatic carbocycles. The highest BCUT2D eigenvalue weighted by Crippen LogP contribution is 2.29. The third kappa shape index (κ3) is 4.91. The van der Waals surface area contributed by atoms with E-state index in [-0.39, 0.29) is 22.9 Å². The summed E-state index contributed by atoms with van der Waals surface area (Å²) in [6.45, 7) is 5.64. The molecular formula is C21H28N2O4S. The molecule has 0 spiro atoms. The molecule has 2 aromatic rings. The quantitative estimate of drug-likeness (QED) is 0.729. The van der Waals surface area contributed by atoms with Gasteiger partial charge in [-0.1, -0.05) is 25.1 Å². The fourth-order valence-electron chi connectivity index (χ4n) is 2.79. The number of methoxy groups -OCH3 is 1. The fraction of sp³-hybridized carbons (Fsp3) is 0.381. The third-order valence-corrected chi connectivity index (χ3v) is 6.48. The molecule has 0 aliphatic rings. The molecule has 2 atom stereocenters. The molecule has 0 aromatic heterocycles.